The van der Waals surface area contributed by atoms with E-state index in [1.807, 2.05) is 56.3 Å². The fraction of sp³-hybridized carbons (Fsp3) is 0.263. The van der Waals surface area contributed by atoms with Crippen molar-refractivity contribution in [3.05, 3.63) is 71.3 Å². The van der Waals surface area contributed by atoms with Gasteiger partial charge >= 0.3 is 0 Å². The van der Waals surface area contributed by atoms with E-state index in [1.54, 1.807) is 12.1 Å². The van der Waals surface area contributed by atoms with Crippen LogP contribution in [0.3, 0.4) is 0 Å². The molecule has 0 saturated carbocycles. The first-order valence-corrected chi connectivity index (χ1v) is 7.42. The monoisotopic (exact) mass is 295 g/mol. The highest BCUT2D eigenvalue weighted by atomic mass is 16.1. The molecule has 22 heavy (non-hydrogen) atoms. The molecule has 1 amide bonds. The first-order chi connectivity index (χ1) is 10.5. The second kappa shape index (κ2) is 7.03. The van der Waals surface area contributed by atoms with Gasteiger partial charge < -0.3 is 5.32 Å². The molecular weight excluding hydrogens is 274 g/mol. The van der Waals surface area contributed by atoms with E-state index in [9.17, 15) is 9.59 Å². The van der Waals surface area contributed by atoms with Gasteiger partial charge in [0.1, 0.15) is 0 Å². The van der Waals surface area contributed by atoms with Gasteiger partial charge in [0.05, 0.1) is 6.04 Å². The first-order valence-electron chi connectivity index (χ1n) is 7.42. The lowest BCUT2D eigenvalue weighted by Crippen LogP contribution is -2.34. The minimum atomic E-state index is -0.339. The van der Waals surface area contributed by atoms with Crippen molar-refractivity contribution in [2.75, 3.05) is 0 Å². The Balaban J connectivity index is 2.30. The Morgan fingerprint density at radius 3 is 2.09 bits per heavy atom. The highest BCUT2D eigenvalue weighted by Crippen LogP contribution is 2.25. The van der Waals surface area contributed by atoms with E-state index in [-0.39, 0.29) is 23.7 Å². The molecule has 2 aromatic carbocycles. The molecule has 2 rings (SSSR count). The third kappa shape index (κ3) is 3.82. The van der Waals surface area contributed by atoms with Crippen molar-refractivity contribution >= 4 is 11.7 Å². The van der Waals surface area contributed by atoms with Crippen LogP contribution in [-0.2, 0) is 4.79 Å². The summed E-state index contributed by atoms with van der Waals surface area (Å²) in [6.45, 7) is 5.34. The summed E-state index contributed by atoms with van der Waals surface area (Å²) >= 11 is 0. The standard InChI is InChI=1S/C19H21NO2/c1-13-9-11-16(12-10-13)18(20-15(3)21)14(2)19(22)17-7-5-4-6-8-17/h4-12,14,18H,1-3H3,(H,20,21)/t14-,18-/m1/s1. The highest BCUT2D eigenvalue weighted by molar-refractivity contribution is 5.98. The van der Waals surface area contributed by atoms with Crippen molar-refractivity contribution in [1.29, 1.82) is 0 Å². The summed E-state index contributed by atoms with van der Waals surface area (Å²) in [5.74, 6) is -0.452. The van der Waals surface area contributed by atoms with Crippen LogP contribution in [0.2, 0.25) is 0 Å². The lowest BCUT2D eigenvalue weighted by molar-refractivity contribution is -0.119. The molecule has 2 atom stereocenters. The minimum absolute atomic E-state index is 0.0277. The predicted molar refractivity (Wildman–Crippen MR) is 87.7 cm³/mol. The quantitative estimate of drug-likeness (QED) is 0.855. The van der Waals surface area contributed by atoms with Crippen molar-refractivity contribution in [3.63, 3.8) is 0 Å². The van der Waals surface area contributed by atoms with Crippen molar-refractivity contribution < 1.29 is 9.59 Å². The summed E-state index contributed by atoms with van der Waals surface area (Å²) in [5, 5.41) is 2.91. The summed E-state index contributed by atoms with van der Waals surface area (Å²) in [5.41, 5.74) is 2.75. The highest BCUT2D eigenvalue weighted by Gasteiger charge is 2.26. The Labute approximate surface area is 131 Å². The summed E-state index contributed by atoms with van der Waals surface area (Å²) in [6.07, 6.45) is 0. The van der Waals surface area contributed by atoms with Crippen LogP contribution in [0.1, 0.15) is 41.4 Å². The summed E-state index contributed by atoms with van der Waals surface area (Å²) in [6, 6.07) is 16.8. The Morgan fingerprint density at radius 2 is 1.55 bits per heavy atom. The minimum Gasteiger partial charge on any atom is -0.349 e. The van der Waals surface area contributed by atoms with Gasteiger partial charge in [0.25, 0.3) is 0 Å². The Hall–Kier alpha value is -2.42. The average molecular weight is 295 g/mol. The van der Waals surface area contributed by atoms with Crippen molar-refractivity contribution in [3.8, 4) is 0 Å². The van der Waals surface area contributed by atoms with Gasteiger partial charge in [0.2, 0.25) is 5.91 Å². The number of aryl methyl sites for hydroxylation is 1. The lowest BCUT2D eigenvalue weighted by atomic mass is 9.87. The van der Waals surface area contributed by atoms with E-state index >= 15 is 0 Å². The zero-order chi connectivity index (χ0) is 16.1. The largest absolute Gasteiger partial charge is 0.349 e. The molecular formula is C19H21NO2. The second-order valence-electron chi connectivity index (χ2n) is 5.61. The van der Waals surface area contributed by atoms with Gasteiger partial charge in [-0.05, 0) is 12.5 Å². The maximum atomic E-state index is 12.7. The topological polar surface area (TPSA) is 46.2 Å². The van der Waals surface area contributed by atoms with Crippen LogP contribution in [0.25, 0.3) is 0 Å². The number of hydrogen-bond donors (Lipinski definition) is 1. The van der Waals surface area contributed by atoms with Gasteiger partial charge in [-0.1, -0.05) is 67.1 Å². The number of carbonyl (C=O) groups excluding carboxylic acids is 2. The maximum absolute atomic E-state index is 12.7. The molecule has 0 radical (unpaired) electrons. The smallest absolute Gasteiger partial charge is 0.217 e. The number of rotatable bonds is 5. The van der Waals surface area contributed by atoms with Crippen LogP contribution in [0.4, 0.5) is 0 Å². The zero-order valence-corrected chi connectivity index (χ0v) is 13.2. The van der Waals surface area contributed by atoms with E-state index in [4.69, 9.17) is 0 Å². The number of Topliss-reactive ketones (excluding diaryl/α,β-unsaturated/α-hetero) is 1. The van der Waals surface area contributed by atoms with Gasteiger partial charge in [-0.25, -0.2) is 0 Å². The first kappa shape index (κ1) is 16.0. The van der Waals surface area contributed by atoms with Gasteiger partial charge in [0, 0.05) is 18.4 Å². The van der Waals surface area contributed by atoms with Gasteiger partial charge in [0.15, 0.2) is 5.78 Å². The molecule has 3 heteroatoms. The number of carbonyl (C=O) groups is 2. The fourth-order valence-corrected chi connectivity index (χ4v) is 2.51. The van der Waals surface area contributed by atoms with Crippen molar-refractivity contribution in [2.24, 2.45) is 5.92 Å². The van der Waals surface area contributed by atoms with E-state index in [1.165, 1.54) is 6.92 Å². The molecule has 0 fully saturated rings. The number of hydrogen-bond acceptors (Lipinski definition) is 2. The van der Waals surface area contributed by atoms with E-state index in [0.29, 0.717) is 5.56 Å². The molecule has 0 bridgehead atoms. The van der Waals surface area contributed by atoms with E-state index in [0.717, 1.165) is 11.1 Å². The third-order valence-electron chi connectivity index (χ3n) is 3.77. The number of amides is 1. The lowest BCUT2D eigenvalue weighted by Gasteiger charge is -2.24. The Bertz CT molecular complexity index is 647. The second-order valence-corrected chi connectivity index (χ2v) is 5.61. The Kier molecular flexibility index (Phi) is 5.10. The molecule has 0 aliphatic heterocycles. The van der Waals surface area contributed by atoms with Gasteiger partial charge in [-0.15, -0.1) is 0 Å². The number of ketones is 1. The van der Waals surface area contributed by atoms with Crippen LogP contribution < -0.4 is 5.32 Å². The molecule has 114 valence electrons. The normalized spacial score (nSPS) is 13.2. The molecule has 0 heterocycles. The SMILES string of the molecule is CC(=O)N[C@@H](c1ccc(C)cc1)[C@@H](C)C(=O)c1ccccc1. The van der Waals surface area contributed by atoms with Crippen LogP contribution in [0.15, 0.2) is 54.6 Å². The molecule has 0 aliphatic rings. The molecule has 0 aliphatic carbocycles. The van der Waals surface area contributed by atoms with Gasteiger partial charge in [-0.3, -0.25) is 9.59 Å². The van der Waals surface area contributed by atoms with Crippen LogP contribution in [0.5, 0.6) is 0 Å². The predicted octanol–water partition coefficient (Wildman–Crippen LogP) is 3.69. The fourth-order valence-electron chi connectivity index (χ4n) is 2.51. The van der Waals surface area contributed by atoms with Crippen LogP contribution in [0, 0.1) is 12.8 Å². The third-order valence-corrected chi connectivity index (χ3v) is 3.77. The molecule has 1 N–H and O–H groups in total. The molecule has 2 aromatic rings. The molecule has 0 aromatic heterocycles. The Morgan fingerprint density at radius 1 is 0.955 bits per heavy atom. The van der Waals surface area contributed by atoms with Crippen molar-refractivity contribution in [1.82, 2.24) is 5.32 Å². The molecule has 3 nitrogen and oxygen atoms in total. The maximum Gasteiger partial charge on any atom is 0.217 e. The molecule has 0 spiro atoms. The van der Waals surface area contributed by atoms with E-state index in [2.05, 4.69) is 5.32 Å². The number of benzene rings is 2. The summed E-state index contributed by atoms with van der Waals surface area (Å²) < 4.78 is 0. The molecule has 0 saturated heterocycles. The molecule has 0 unspecified atom stereocenters. The number of nitrogens with one attached hydrogen (secondary N) is 1. The summed E-state index contributed by atoms with van der Waals surface area (Å²) in [7, 11) is 0. The van der Waals surface area contributed by atoms with Crippen molar-refractivity contribution in [2.45, 2.75) is 26.8 Å². The zero-order valence-electron chi connectivity index (χ0n) is 13.2. The van der Waals surface area contributed by atoms with E-state index < -0.39 is 0 Å². The summed E-state index contributed by atoms with van der Waals surface area (Å²) in [4.78, 5) is 24.2. The van der Waals surface area contributed by atoms with Gasteiger partial charge in [-0.2, -0.15) is 0 Å². The van der Waals surface area contributed by atoms with Crippen LogP contribution in [-0.4, -0.2) is 11.7 Å². The van der Waals surface area contributed by atoms with Crippen LogP contribution >= 0.6 is 0 Å². The average Bonchev–Trinajstić information content (AvgIpc) is 2.53.